The lowest BCUT2D eigenvalue weighted by Gasteiger charge is -2.22. The van der Waals surface area contributed by atoms with Gasteiger partial charge in [-0.25, -0.2) is 4.98 Å². The number of hydrogen-bond donors (Lipinski definition) is 4. The molecule has 11 heteroatoms. The van der Waals surface area contributed by atoms with Gasteiger partial charge in [0.05, 0.1) is 23.5 Å². The minimum Gasteiger partial charge on any atom is -0.369 e. The Hall–Kier alpha value is -4.43. The number of aromatic nitrogens is 4. The zero-order valence-electron chi connectivity index (χ0n) is 23.3. The first-order valence-electron chi connectivity index (χ1n) is 13.6. The van der Waals surface area contributed by atoms with Crippen molar-refractivity contribution in [3.63, 3.8) is 0 Å². The number of aromatic amines is 1. The second-order valence-electron chi connectivity index (χ2n) is 9.83. The number of benzene rings is 1. The molecular formula is C29H37N9O2. The summed E-state index contributed by atoms with van der Waals surface area (Å²) in [5.41, 5.74) is 2.54. The van der Waals surface area contributed by atoms with E-state index in [9.17, 15) is 9.59 Å². The van der Waals surface area contributed by atoms with Crippen LogP contribution in [0, 0.1) is 11.8 Å². The van der Waals surface area contributed by atoms with Crippen LogP contribution in [0.25, 0.3) is 10.9 Å². The van der Waals surface area contributed by atoms with E-state index >= 15 is 0 Å². The molecule has 1 fully saturated rings. The number of nitrogens with one attached hydrogen (secondary N) is 4. The van der Waals surface area contributed by atoms with Crippen LogP contribution < -0.4 is 16.0 Å². The number of carbonyl (C=O) groups is 2. The summed E-state index contributed by atoms with van der Waals surface area (Å²) >= 11 is 0. The molecule has 0 bridgehead atoms. The fraction of sp³-hybridized carbons (Fsp3) is 0.414. The number of hydrogen-bond acceptors (Lipinski definition) is 8. The number of amides is 2. The summed E-state index contributed by atoms with van der Waals surface area (Å²) in [5, 5.41) is 17.4. The molecule has 2 aromatic heterocycles. The summed E-state index contributed by atoms with van der Waals surface area (Å²) in [6.45, 7) is 4.50. The Morgan fingerprint density at radius 3 is 2.98 bits per heavy atom. The van der Waals surface area contributed by atoms with Crippen LogP contribution in [0.2, 0.25) is 0 Å². The van der Waals surface area contributed by atoms with Crippen molar-refractivity contribution < 1.29 is 9.59 Å². The van der Waals surface area contributed by atoms with Gasteiger partial charge in [0.15, 0.2) is 0 Å². The number of likely N-dealkylation sites (tertiary alicyclic amines) is 1. The van der Waals surface area contributed by atoms with Crippen molar-refractivity contribution in [2.24, 2.45) is 0 Å². The lowest BCUT2D eigenvalue weighted by molar-refractivity contribution is -0.135. The topological polar surface area (TPSA) is 131 Å². The molecule has 1 saturated heterocycles. The molecule has 0 saturated carbocycles. The van der Waals surface area contributed by atoms with Gasteiger partial charge in [0, 0.05) is 49.7 Å². The lowest BCUT2D eigenvalue weighted by atomic mass is 10.2. The van der Waals surface area contributed by atoms with Crippen LogP contribution in [-0.2, 0) is 9.59 Å². The van der Waals surface area contributed by atoms with E-state index in [1.807, 2.05) is 50.2 Å². The molecule has 40 heavy (non-hydrogen) atoms. The molecule has 11 nitrogen and oxygen atoms in total. The molecule has 4 N–H and O–H groups in total. The Morgan fingerprint density at radius 1 is 1.27 bits per heavy atom. The highest BCUT2D eigenvalue weighted by Gasteiger charge is 2.32. The predicted octanol–water partition coefficient (Wildman–Crippen LogP) is 2.89. The summed E-state index contributed by atoms with van der Waals surface area (Å²) in [5.74, 6) is 7.24. The summed E-state index contributed by atoms with van der Waals surface area (Å²) in [7, 11) is 3.89. The second-order valence-corrected chi connectivity index (χ2v) is 9.83. The molecule has 1 aromatic carbocycles. The molecule has 1 atom stereocenters. The highest BCUT2D eigenvalue weighted by Crippen LogP contribution is 2.21. The summed E-state index contributed by atoms with van der Waals surface area (Å²) in [6, 6.07) is 5.46. The largest absolute Gasteiger partial charge is 0.369 e. The molecule has 2 amide bonds. The Morgan fingerprint density at radius 2 is 2.15 bits per heavy atom. The zero-order chi connectivity index (χ0) is 28.3. The van der Waals surface area contributed by atoms with E-state index in [2.05, 4.69) is 48.0 Å². The summed E-state index contributed by atoms with van der Waals surface area (Å²) in [4.78, 5) is 37.9. The molecule has 210 valence electrons. The van der Waals surface area contributed by atoms with Crippen LogP contribution in [-0.4, -0.2) is 88.1 Å². The smallest absolute Gasteiger partial charge is 0.246 e. The predicted molar refractivity (Wildman–Crippen MR) is 157 cm³/mol. The fourth-order valence-electron chi connectivity index (χ4n) is 4.41. The van der Waals surface area contributed by atoms with Crippen LogP contribution in [0.15, 0.2) is 42.7 Å². The van der Waals surface area contributed by atoms with Gasteiger partial charge in [0.2, 0.25) is 17.8 Å². The number of anilines is 3. The van der Waals surface area contributed by atoms with Gasteiger partial charge in [-0.15, -0.1) is 0 Å². The third-order valence-electron chi connectivity index (χ3n) is 6.40. The number of unbranched alkanes of at least 4 members (excludes halogenated alkanes) is 1. The van der Waals surface area contributed by atoms with Gasteiger partial charge in [0.25, 0.3) is 0 Å². The van der Waals surface area contributed by atoms with E-state index in [0.717, 1.165) is 23.0 Å². The minimum atomic E-state index is -0.406. The first-order chi connectivity index (χ1) is 19.4. The molecular weight excluding hydrogens is 506 g/mol. The van der Waals surface area contributed by atoms with Crippen molar-refractivity contribution >= 4 is 40.2 Å². The van der Waals surface area contributed by atoms with Crippen molar-refractivity contribution in [1.82, 2.24) is 35.3 Å². The van der Waals surface area contributed by atoms with Crippen molar-refractivity contribution in [3.05, 3.63) is 48.3 Å². The first kappa shape index (κ1) is 28.6. The van der Waals surface area contributed by atoms with Gasteiger partial charge in [-0.3, -0.25) is 14.7 Å². The van der Waals surface area contributed by atoms with Gasteiger partial charge in [-0.2, -0.15) is 10.1 Å². The Balaban J connectivity index is 1.26. The van der Waals surface area contributed by atoms with Crippen LogP contribution in [0.4, 0.5) is 17.5 Å². The van der Waals surface area contributed by atoms with Crippen LogP contribution in [0.3, 0.4) is 0 Å². The molecule has 0 aliphatic carbocycles. The third kappa shape index (κ3) is 7.80. The Labute approximate surface area is 234 Å². The molecule has 0 spiro atoms. The number of rotatable bonds is 11. The number of carbonyl (C=O) groups excluding carboxylic acids is 2. The Kier molecular flexibility index (Phi) is 10.1. The van der Waals surface area contributed by atoms with Gasteiger partial charge in [-0.1, -0.05) is 17.9 Å². The highest BCUT2D eigenvalue weighted by atomic mass is 16.2. The average Bonchev–Trinajstić information content (AvgIpc) is 3.61. The van der Waals surface area contributed by atoms with Crippen LogP contribution >= 0.6 is 0 Å². The van der Waals surface area contributed by atoms with E-state index in [4.69, 9.17) is 0 Å². The maximum atomic E-state index is 12.7. The highest BCUT2D eigenvalue weighted by molar-refractivity contribution is 5.93. The van der Waals surface area contributed by atoms with Gasteiger partial charge in [0.1, 0.15) is 11.9 Å². The number of likely N-dealkylation sites (N-methyl/N-ethyl adjacent to an activating group) is 1. The van der Waals surface area contributed by atoms with Crippen molar-refractivity contribution in [2.45, 2.75) is 38.6 Å². The molecule has 3 aromatic rings. The second kappa shape index (κ2) is 14.1. The maximum absolute atomic E-state index is 12.7. The SMILES string of the molecule is CCNc1nc(Nc2ccc3[nH]ncc3c2)ncc1C#CCCCNC(=O)C1CCCN1C(=O)C=CCN(C)C. The van der Waals surface area contributed by atoms with Crippen molar-refractivity contribution in [3.8, 4) is 11.8 Å². The quantitative estimate of drug-likeness (QED) is 0.165. The number of fused-ring (bicyclic) bond motifs is 1. The molecule has 1 aliphatic rings. The zero-order valence-corrected chi connectivity index (χ0v) is 23.3. The van der Waals surface area contributed by atoms with Crippen LogP contribution in [0.1, 0.15) is 38.2 Å². The van der Waals surface area contributed by atoms with Gasteiger partial charge in [-0.05, 0) is 58.5 Å². The number of nitrogens with zero attached hydrogens (tertiary/aromatic N) is 5. The Bertz CT molecular complexity index is 1400. The van der Waals surface area contributed by atoms with E-state index in [-0.39, 0.29) is 11.8 Å². The van der Waals surface area contributed by atoms with Crippen LogP contribution in [0.5, 0.6) is 0 Å². The molecule has 0 radical (unpaired) electrons. The number of H-pyrrole nitrogens is 1. The van der Waals surface area contributed by atoms with Crippen molar-refractivity contribution in [2.75, 3.05) is 50.9 Å². The van der Waals surface area contributed by atoms with Gasteiger partial charge >= 0.3 is 0 Å². The summed E-state index contributed by atoms with van der Waals surface area (Å²) < 4.78 is 0. The third-order valence-corrected chi connectivity index (χ3v) is 6.40. The van der Waals surface area contributed by atoms with E-state index in [0.29, 0.717) is 62.8 Å². The van der Waals surface area contributed by atoms with Gasteiger partial charge < -0.3 is 25.8 Å². The minimum absolute atomic E-state index is 0.0994. The molecule has 3 heterocycles. The van der Waals surface area contributed by atoms with Crippen molar-refractivity contribution in [1.29, 1.82) is 0 Å². The molecule has 1 unspecified atom stereocenters. The maximum Gasteiger partial charge on any atom is 0.246 e. The molecule has 4 rings (SSSR count). The normalized spacial score (nSPS) is 14.9. The standard InChI is InChI=1S/C29H37N9O2/c1-4-30-27-21(19-32-29(35-27)34-23-13-14-24-22(18-23)20-33-36-24)10-6-5-7-15-31-28(40)25-11-8-17-38(25)26(39)12-9-16-37(2)3/h9,12-14,18-20,25H,4-5,7-8,11,15-17H2,1-3H3,(H,31,40)(H,33,36)(H2,30,32,34,35). The first-order valence-corrected chi connectivity index (χ1v) is 13.6. The summed E-state index contributed by atoms with van der Waals surface area (Å²) in [6.07, 6.45) is 9.70. The van der Waals surface area contributed by atoms with E-state index in [1.165, 1.54) is 0 Å². The monoisotopic (exact) mass is 543 g/mol. The fourth-order valence-corrected chi connectivity index (χ4v) is 4.41. The van der Waals surface area contributed by atoms with E-state index < -0.39 is 6.04 Å². The molecule has 1 aliphatic heterocycles. The van der Waals surface area contributed by atoms with E-state index in [1.54, 1.807) is 23.4 Å². The average molecular weight is 544 g/mol. The lowest BCUT2D eigenvalue weighted by Crippen LogP contribution is -2.45.